The highest BCUT2D eigenvalue weighted by molar-refractivity contribution is 9.10. The Kier molecular flexibility index (Phi) is 5.25. The van der Waals surface area contributed by atoms with Crippen molar-refractivity contribution in [2.24, 2.45) is 0 Å². The predicted molar refractivity (Wildman–Crippen MR) is 98.1 cm³/mol. The van der Waals surface area contributed by atoms with E-state index in [0.717, 1.165) is 21.3 Å². The molecular formula is C18H14BrN3O3. The van der Waals surface area contributed by atoms with Crippen LogP contribution in [0.4, 0.5) is 6.01 Å². The van der Waals surface area contributed by atoms with Crippen LogP contribution in [0.1, 0.15) is 5.56 Å². The summed E-state index contributed by atoms with van der Waals surface area (Å²) in [6, 6.07) is 14.8. The third-order valence-electron chi connectivity index (χ3n) is 3.29. The lowest BCUT2D eigenvalue weighted by molar-refractivity contribution is -0.112. The molecule has 0 bridgehead atoms. The molecule has 0 aliphatic heterocycles. The average molecular weight is 400 g/mol. The molecular weight excluding hydrogens is 386 g/mol. The van der Waals surface area contributed by atoms with Crippen molar-refractivity contribution in [2.45, 2.75) is 0 Å². The van der Waals surface area contributed by atoms with Crippen LogP contribution in [-0.2, 0) is 4.79 Å². The first-order chi connectivity index (χ1) is 12.1. The predicted octanol–water partition coefficient (Wildman–Crippen LogP) is 4.16. The highest BCUT2D eigenvalue weighted by Gasteiger charge is 2.09. The van der Waals surface area contributed by atoms with Gasteiger partial charge in [0.25, 0.3) is 5.91 Å². The summed E-state index contributed by atoms with van der Waals surface area (Å²) in [6.07, 6.45) is 3.08. The van der Waals surface area contributed by atoms with Gasteiger partial charge in [-0.25, -0.2) is 0 Å². The molecule has 2 aromatic carbocycles. The largest absolute Gasteiger partial charge is 0.497 e. The van der Waals surface area contributed by atoms with Crippen molar-refractivity contribution in [1.82, 2.24) is 10.2 Å². The molecule has 0 aliphatic rings. The molecule has 1 aromatic heterocycles. The van der Waals surface area contributed by atoms with Crippen molar-refractivity contribution < 1.29 is 13.9 Å². The van der Waals surface area contributed by atoms with Gasteiger partial charge in [-0.3, -0.25) is 10.1 Å². The maximum absolute atomic E-state index is 11.9. The molecule has 1 amide bonds. The van der Waals surface area contributed by atoms with Crippen LogP contribution in [0, 0.1) is 0 Å². The van der Waals surface area contributed by atoms with Gasteiger partial charge in [-0.1, -0.05) is 33.2 Å². The number of anilines is 1. The molecule has 3 aromatic rings. The molecule has 126 valence electrons. The molecule has 0 fully saturated rings. The molecule has 1 heterocycles. The van der Waals surface area contributed by atoms with Crippen LogP contribution >= 0.6 is 15.9 Å². The molecule has 0 saturated heterocycles. The summed E-state index contributed by atoms with van der Waals surface area (Å²) in [5.41, 5.74) is 1.64. The number of amides is 1. The summed E-state index contributed by atoms with van der Waals surface area (Å²) in [6.45, 7) is 0. The zero-order valence-electron chi connectivity index (χ0n) is 13.3. The second-order valence-electron chi connectivity index (χ2n) is 5.02. The number of aromatic nitrogens is 2. The minimum atomic E-state index is -0.359. The van der Waals surface area contributed by atoms with E-state index in [1.54, 1.807) is 13.2 Å². The van der Waals surface area contributed by atoms with E-state index in [4.69, 9.17) is 9.15 Å². The monoisotopic (exact) mass is 399 g/mol. The minimum Gasteiger partial charge on any atom is -0.497 e. The quantitative estimate of drug-likeness (QED) is 0.651. The minimum absolute atomic E-state index is 0.0438. The highest BCUT2D eigenvalue weighted by atomic mass is 79.9. The number of benzene rings is 2. The van der Waals surface area contributed by atoms with Crippen molar-refractivity contribution in [1.29, 1.82) is 0 Å². The number of methoxy groups -OCH3 is 1. The molecule has 0 radical (unpaired) electrons. The maximum Gasteiger partial charge on any atom is 0.322 e. The molecule has 3 rings (SSSR count). The molecule has 25 heavy (non-hydrogen) atoms. The number of ether oxygens (including phenoxy) is 1. The smallest absolute Gasteiger partial charge is 0.322 e. The summed E-state index contributed by atoms with van der Waals surface area (Å²) < 4.78 is 11.5. The Bertz CT molecular complexity index is 887. The summed E-state index contributed by atoms with van der Waals surface area (Å²) in [5, 5.41) is 10.3. The Morgan fingerprint density at radius 3 is 2.52 bits per heavy atom. The summed E-state index contributed by atoms with van der Waals surface area (Å²) in [5.74, 6) is 0.733. The fourth-order valence-electron chi connectivity index (χ4n) is 2.02. The van der Waals surface area contributed by atoms with Crippen LogP contribution in [0.25, 0.3) is 17.5 Å². The Morgan fingerprint density at radius 1 is 1.12 bits per heavy atom. The van der Waals surface area contributed by atoms with Gasteiger partial charge in [-0.15, -0.1) is 5.10 Å². The lowest BCUT2D eigenvalue weighted by atomic mass is 10.2. The Balaban J connectivity index is 1.63. The second-order valence-corrected chi connectivity index (χ2v) is 5.93. The van der Waals surface area contributed by atoms with Crippen molar-refractivity contribution in [3.8, 4) is 17.2 Å². The Morgan fingerprint density at radius 2 is 1.84 bits per heavy atom. The number of rotatable bonds is 5. The van der Waals surface area contributed by atoms with Crippen LogP contribution in [0.5, 0.6) is 5.75 Å². The third-order valence-corrected chi connectivity index (χ3v) is 3.82. The van der Waals surface area contributed by atoms with Crippen LogP contribution in [0.15, 0.2) is 63.5 Å². The first-order valence-electron chi connectivity index (χ1n) is 7.36. The number of nitrogens with one attached hydrogen (secondary N) is 1. The number of carbonyl (C=O) groups is 1. The zero-order chi connectivity index (χ0) is 17.6. The van der Waals surface area contributed by atoms with Gasteiger partial charge in [-0.2, -0.15) is 0 Å². The van der Waals surface area contributed by atoms with E-state index in [-0.39, 0.29) is 11.9 Å². The van der Waals surface area contributed by atoms with Crippen molar-refractivity contribution >= 4 is 33.9 Å². The average Bonchev–Trinajstić information content (AvgIpc) is 3.09. The standard InChI is InChI=1S/C18H14BrN3O3/c1-24-15-9-2-12(3-10-15)4-11-16(23)20-18-22-21-17(25-18)13-5-7-14(19)8-6-13/h2-11H,1H3,(H,20,22,23)/b11-4+. The van der Waals surface area contributed by atoms with Crippen LogP contribution in [-0.4, -0.2) is 23.2 Å². The Labute approximate surface area is 152 Å². The first-order valence-corrected chi connectivity index (χ1v) is 8.16. The van der Waals surface area contributed by atoms with Gasteiger partial charge in [-0.05, 0) is 48.0 Å². The first kappa shape index (κ1) is 16.9. The molecule has 0 atom stereocenters. The van der Waals surface area contributed by atoms with Crippen LogP contribution < -0.4 is 10.1 Å². The number of halogens is 1. The van der Waals surface area contributed by atoms with Gasteiger partial charge >= 0.3 is 6.01 Å². The number of hydrogen-bond acceptors (Lipinski definition) is 5. The summed E-state index contributed by atoms with van der Waals surface area (Å²) >= 11 is 3.36. The normalized spacial score (nSPS) is 10.8. The number of carbonyl (C=O) groups excluding carboxylic acids is 1. The summed E-state index contributed by atoms with van der Waals surface area (Å²) in [7, 11) is 1.60. The van der Waals surface area contributed by atoms with Crippen LogP contribution in [0.2, 0.25) is 0 Å². The molecule has 0 spiro atoms. The zero-order valence-corrected chi connectivity index (χ0v) is 14.9. The third kappa shape index (κ3) is 4.54. The van der Waals surface area contributed by atoms with Crippen molar-refractivity contribution in [3.05, 3.63) is 64.6 Å². The van der Waals surface area contributed by atoms with E-state index in [0.29, 0.717) is 5.89 Å². The van der Waals surface area contributed by atoms with E-state index in [1.807, 2.05) is 48.5 Å². The number of hydrogen-bond donors (Lipinski definition) is 1. The van der Waals surface area contributed by atoms with Gasteiger partial charge in [0.05, 0.1) is 7.11 Å². The van der Waals surface area contributed by atoms with Gasteiger partial charge in [0.1, 0.15) is 5.75 Å². The maximum atomic E-state index is 11.9. The summed E-state index contributed by atoms with van der Waals surface area (Å²) in [4.78, 5) is 11.9. The molecule has 0 aliphatic carbocycles. The van der Waals surface area contributed by atoms with Gasteiger partial charge in [0.15, 0.2) is 0 Å². The fourth-order valence-corrected chi connectivity index (χ4v) is 2.28. The van der Waals surface area contributed by atoms with Gasteiger partial charge in [0, 0.05) is 16.1 Å². The van der Waals surface area contributed by atoms with Crippen molar-refractivity contribution in [3.63, 3.8) is 0 Å². The lowest BCUT2D eigenvalue weighted by Crippen LogP contribution is -2.07. The van der Waals surface area contributed by atoms with E-state index >= 15 is 0 Å². The SMILES string of the molecule is COc1ccc(/C=C/C(=O)Nc2nnc(-c3ccc(Br)cc3)o2)cc1. The van der Waals surface area contributed by atoms with E-state index < -0.39 is 0 Å². The highest BCUT2D eigenvalue weighted by Crippen LogP contribution is 2.22. The second kappa shape index (κ2) is 7.76. The molecule has 6 nitrogen and oxygen atoms in total. The molecule has 7 heteroatoms. The molecule has 1 N–H and O–H groups in total. The van der Waals surface area contributed by atoms with E-state index in [9.17, 15) is 4.79 Å². The number of nitrogens with zero attached hydrogens (tertiary/aromatic N) is 2. The van der Waals surface area contributed by atoms with Crippen molar-refractivity contribution in [2.75, 3.05) is 12.4 Å². The fraction of sp³-hybridized carbons (Fsp3) is 0.0556. The van der Waals surface area contributed by atoms with E-state index in [1.165, 1.54) is 6.08 Å². The van der Waals surface area contributed by atoms with Gasteiger partial charge < -0.3 is 9.15 Å². The van der Waals surface area contributed by atoms with Gasteiger partial charge in [0.2, 0.25) is 5.89 Å². The molecule has 0 unspecified atom stereocenters. The van der Waals surface area contributed by atoms with Crippen LogP contribution in [0.3, 0.4) is 0 Å². The topological polar surface area (TPSA) is 77.2 Å². The lowest BCUT2D eigenvalue weighted by Gasteiger charge is -1.99. The Hall–Kier alpha value is -2.93. The van der Waals surface area contributed by atoms with E-state index in [2.05, 4.69) is 31.4 Å². The molecule has 0 saturated carbocycles.